The Labute approximate surface area is 98.8 Å². The van der Waals surface area contributed by atoms with Crippen LogP contribution in [0.5, 0.6) is 0 Å². The Bertz CT molecular complexity index is 457. The van der Waals surface area contributed by atoms with Gasteiger partial charge in [-0.25, -0.2) is 4.68 Å². The van der Waals surface area contributed by atoms with E-state index in [-0.39, 0.29) is 0 Å². The quantitative estimate of drug-likeness (QED) is 0.711. The fourth-order valence-electron chi connectivity index (χ4n) is 1.76. The fourth-order valence-corrected chi connectivity index (χ4v) is 1.76. The Morgan fingerprint density at radius 3 is 3.12 bits per heavy atom. The van der Waals surface area contributed by atoms with Gasteiger partial charge < -0.3 is 5.32 Å². The number of tetrazole rings is 1. The highest BCUT2D eigenvalue weighted by Gasteiger charge is 2.27. The minimum Gasteiger partial charge on any atom is -0.308 e. The highest BCUT2D eigenvalue weighted by atomic mass is 15.6. The Hall–Kier alpha value is -1.76. The summed E-state index contributed by atoms with van der Waals surface area (Å²) < 4.78 is 3.83. The van der Waals surface area contributed by atoms with E-state index in [1.165, 1.54) is 12.8 Å². The molecule has 2 aromatic heterocycles. The van der Waals surface area contributed by atoms with E-state index in [4.69, 9.17) is 0 Å². The summed E-state index contributed by atoms with van der Waals surface area (Å²) in [4.78, 5) is 0. The molecule has 2 aromatic rings. The molecule has 0 bridgehead atoms. The third kappa shape index (κ3) is 2.50. The van der Waals surface area contributed by atoms with Crippen molar-refractivity contribution in [1.82, 2.24) is 35.3 Å². The standard InChI is InChI=1S/C10H15N7/c1-4-12-16(6-1)7-5-11-8-10-13-14-15-17(10)9-2-3-9/h1,4,6,9,11H,2-3,5,7-8H2. The van der Waals surface area contributed by atoms with Crippen molar-refractivity contribution in [3.63, 3.8) is 0 Å². The molecule has 1 N–H and O–H groups in total. The molecule has 0 aliphatic heterocycles. The van der Waals surface area contributed by atoms with E-state index in [0.29, 0.717) is 12.6 Å². The van der Waals surface area contributed by atoms with Crippen LogP contribution >= 0.6 is 0 Å². The number of aromatic nitrogens is 6. The summed E-state index contributed by atoms with van der Waals surface area (Å²) in [6.45, 7) is 2.43. The highest BCUT2D eigenvalue weighted by Crippen LogP contribution is 2.34. The molecule has 0 unspecified atom stereocenters. The monoisotopic (exact) mass is 233 g/mol. The summed E-state index contributed by atoms with van der Waals surface area (Å²) in [7, 11) is 0. The van der Waals surface area contributed by atoms with Crippen molar-refractivity contribution in [2.24, 2.45) is 0 Å². The molecular weight excluding hydrogens is 218 g/mol. The Balaban J connectivity index is 1.46. The maximum absolute atomic E-state index is 4.14. The smallest absolute Gasteiger partial charge is 0.165 e. The lowest BCUT2D eigenvalue weighted by atomic mass is 10.5. The van der Waals surface area contributed by atoms with E-state index in [0.717, 1.165) is 18.9 Å². The number of nitrogens with zero attached hydrogens (tertiary/aromatic N) is 6. The van der Waals surface area contributed by atoms with E-state index < -0.39 is 0 Å². The molecule has 1 aliphatic rings. The maximum atomic E-state index is 4.14. The van der Waals surface area contributed by atoms with Crippen LogP contribution in [0.1, 0.15) is 24.7 Å². The molecule has 1 fully saturated rings. The van der Waals surface area contributed by atoms with Crippen molar-refractivity contribution in [2.75, 3.05) is 6.54 Å². The largest absolute Gasteiger partial charge is 0.308 e. The van der Waals surface area contributed by atoms with Gasteiger partial charge in [0.15, 0.2) is 5.82 Å². The van der Waals surface area contributed by atoms with E-state index in [9.17, 15) is 0 Å². The van der Waals surface area contributed by atoms with Gasteiger partial charge in [-0.1, -0.05) is 0 Å². The molecule has 2 heterocycles. The second kappa shape index (κ2) is 4.62. The van der Waals surface area contributed by atoms with Gasteiger partial charge in [-0.05, 0) is 29.3 Å². The maximum Gasteiger partial charge on any atom is 0.165 e. The van der Waals surface area contributed by atoms with Crippen molar-refractivity contribution in [2.45, 2.75) is 32.0 Å². The summed E-state index contributed by atoms with van der Waals surface area (Å²) in [6, 6.07) is 2.46. The average Bonchev–Trinajstić information content (AvgIpc) is 2.89. The lowest BCUT2D eigenvalue weighted by Gasteiger charge is -2.05. The van der Waals surface area contributed by atoms with Crippen LogP contribution in [0.4, 0.5) is 0 Å². The molecule has 17 heavy (non-hydrogen) atoms. The predicted molar refractivity (Wildman–Crippen MR) is 60.0 cm³/mol. The zero-order valence-corrected chi connectivity index (χ0v) is 9.53. The topological polar surface area (TPSA) is 73.5 Å². The van der Waals surface area contributed by atoms with Crippen molar-refractivity contribution in [3.05, 3.63) is 24.3 Å². The molecule has 3 rings (SSSR count). The predicted octanol–water partition coefficient (Wildman–Crippen LogP) is -0.00570. The van der Waals surface area contributed by atoms with E-state index in [1.807, 2.05) is 21.6 Å². The summed E-state index contributed by atoms with van der Waals surface area (Å²) in [5.41, 5.74) is 0. The van der Waals surface area contributed by atoms with Gasteiger partial charge in [0.25, 0.3) is 0 Å². The van der Waals surface area contributed by atoms with Crippen molar-refractivity contribution in [3.8, 4) is 0 Å². The summed E-state index contributed by atoms with van der Waals surface area (Å²) in [5, 5.41) is 19.2. The van der Waals surface area contributed by atoms with Crippen LogP contribution in [0, 0.1) is 0 Å². The number of rotatable bonds is 6. The molecule has 0 amide bonds. The average molecular weight is 233 g/mol. The first-order valence-corrected chi connectivity index (χ1v) is 5.88. The second-order valence-corrected chi connectivity index (χ2v) is 4.22. The van der Waals surface area contributed by atoms with Crippen molar-refractivity contribution < 1.29 is 0 Å². The summed E-state index contributed by atoms with van der Waals surface area (Å²) in [6.07, 6.45) is 6.14. The first kappa shape index (κ1) is 10.4. The molecule has 90 valence electrons. The van der Waals surface area contributed by atoms with Crippen molar-refractivity contribution in [1.29, 1.82) is 0 Å². The Morgan fingerprint density at radius 2 is 2.35 bits per heavy atom. The number of hydrogen-bond donors (Lipinski definition) is 1. The van der Waals surface area contributed by atoms with Gasteiger partial charge in [-0.2, -0.15) is 5.10 Å². The lowest BCUT2D eigenvalue weighted by Crippen LogP contribution is -2.22. The van der Waals surface area contributed by atoms with Crippen LogP contribution in [0.15, 0.2) is 18.5 Å². The van der Waals surface area contributed by atoms with E-state index in [2.05, 4.69) is 25.9 Å². The molecule has 0 radical (unpaired) electrons. The molecule has 0 saturated heterocycles. The second-order valence-electron chi connectivity index (χ2n) is 4.22. The normalized spacial score (nSPS) is 15.3. The van der Waals surface area contributed by atoms with Gasteiger partial charge in [-0.3, -0.25) is 4.68 Å². The Morgan fingerprint density at radius 1 is 1.41 bits per heavy atom. The highest BCUT2D eigenvalue weighted by molar-refractivity contribution is 4.89. The van der Waals surface area contributed by atoms with Crippen LogP contribution in [-0.2, 0) is 13.1 Å². The van der Waals surface area contributed by atoms with E-state index in [1.54, 1.807) is 6.20 Å². The minimum atomic E-state index is 0.535. The van der Waals surface area contributed by atoms with Gasteiger partial charge in [0.05, 0.1) is 19.1 Å². The first-order chi connectivity index (χ1) is 8.43. The Kier molecular flexibility index (Phi) is 2.83. The molecular formula is C10H15N7. The molecule has 7 heteroatoms. The summed E-state index contributed by atoms with van der Waals surface area (Å²) >= 11 is 0. The van der Waals surface area contributed by atoms with Crippen LogP contribution in [0.3, 0.4) is 0 Å². The molecule has 7 nitrogen and oxygen atoms in total. The van der Waals surface area contributed by atoms with Gasteiger partial charge >= 0.3 is 0 Å². The van der Waals surface area contributed by atoms with Crippen LogP contribution in [0.2, 0.25) is 0 Å². The lowest BCUT2D eigenvalue weighted by molar-refractivity contribution is 0.520. The van der Waals surface area contributed by atoms with Crippen LogP contribution in [0.25, 0.3) is 0 Å². The van der Waals surface area contributed by atoms with Gasteiger partial charge in [0.1, 0.15) is 0 Å². The third-order valence-electron chi connectivity index (χ3n) is 2.81. The molecule has 1 aliphatic carbocycles. The third-order valence-corrected chi connectivity index (χ3v) is 2.81. The molecule has 1 saturated carbocycles. The molecule has 0 atom stereocenters. The molecule has 0 spiro atoms. The minimum absolute atomic E-state index is 0.535. The number of nitrogens with one attached hydrogen (secondary N) is 1. The van der Waals surface area contributed by atoms with Crippen molar-refractivity contribution >= 4 is 0 Å². The SMILES string of the molecule is c1cnn(CCNCc2nnnn2C2CC2)c1. The summed E-state index contributed by atoms with van der Waals surface area (Å²) in [5.74, 6) is 0.924. The van der Waals surface area contributed by atoms with Gasteiger partial charge in [-0.15, -0.1) is 5.10 Å². The van der Waals surface area contributed by atoms with Crippen LogP contribution in [-0.4, -0.2) is 36.5 Å². The van der Waals surface area contributed by atoms with E-state index >= 15 is 0 Å². The zero-order valence-electron chi connectivity index (χ0n) is 9.53. The van der Waals surface area contributed by atoms with Crippen LogP contribution < -0.4 is 5.32 Å². The molecule has 0 aromatic carbocycles. The van der Waals surface area contributed by atoms with Gasteiger partial charge in [0, 0.05) is 18.9 Å². The zero-order chi connectivity index (χ0) is 11.5. The number of hydrogen-bond acceptors (Lipinski definition) is 5. The fraction of sp³-hybridized carbons (Fsp3) is 0.600. The van der Waals surface area contributed by atoms with Gasteiger partial charge in [0.2, 0.25) is 0 Å². The first-order valence-electron chi connectivity index (χ1n) is 5.88.